The number of halogens is 4. The molecule has 0 saturated heterocycles. The van der Waals surface area contributed by atoms with Gasteiger partial charge in [0, 0.05) is 11.0 Å². The number of aromatic nitrogens is 2. The quantitative estimate of drug-likeness (QED) is 0.541. The third-order valence-electron chi connectivity index (χ3n) is 6.97. The molecule has 4 nitrogen and oxygen atoms in total. The normalized spacial score (nSPS) is 30.4. The van der Waals surface area contributed by atoms with E-state index in [1.807, 2.05) is 0 Å². The molecule has 1 heterocycles. The fourth-order valence-corrected chi connectivity index (χ4v) is 6.09. The van der Waals surface area contributed by atoms with Crippen molar-refractivity contribution in [3.8, 4) is 11.5 Å². The number of benzene rings is 1. The molecule has 4 aliphatic carbocycles. The molecule has 0 radical (unpaired) electrons. The average Bonchev–Trinajstić information content (AvgIpc) is 3.18. The van der Waals surface area contributed by atoms with Crippen LogP contribution in [0.3, 0.4) is 0 Å². The molecule has 8 heteroatoms. The van der Waals surface area contributed by atoms with E-state index in [1.54, 1.807) is 24.3 Å². The highest BCUT2D eigenvalue weighted by molar-refractivity contribution is 5.53. The summed E-state index contributed by atoms with van der Waals surface area (Å²) in [6.45, 7) is -1.53. The molecule has 30 heavy (non-hydrogen) atoms. The lowest BCUT2D eigenvalue weighted by Gasteiger charge is -2.55. The van der Waals surface area contributed by atoms with Crippen LogP contribution in [0.25, 0.3) is 11.5 Å². The SMILES string of the molecule is FC(F)C(F)(F)COCc1cccc(-c2nnc(C34CC5CC(CC(C5)C3)C4)o2)c1. The smallest absolute Gasteiger partial charge is 0.330 e. The van der Waals surface area contributed by atoms with Crippen LogP contribution < -0.4 is 0 Å². The van der Waals surface area contributed by atoms with Crippen LogP contribution in [0.5, 0.6) is 0 Å². The number of alkyl halides is 4. The molecule has 1 aromatic heterocycles. The van der Waals surface area contributed by atoms with Crippen molar-refractivity contribution in [2.24, 2.45) is 17.8 Å². The Morgan fingerprint density at radius 3 is 2.37 bits per heavy atom. The van der Waals surface area contributed by atoms with Crippen molar-refractivity contribution < 1.29 is 26.7 Å². The van der Waals surface area contributed by atoms with Crippen molar-refractivity contribution in [1.82, 2.24) is 10.2 Å². The Hall–Kier alpha value is -1.96. The first kappa shape index (κ1) is 20.0. The summed E-state index contributed by atoms with van der Waals surface area (Å²) in [5.41, 5.74) is 1.24. The predicted octanol–water partition coefficient (Wildman–Crippen LogP) is 5.62. The second-order valence-electron chi connectivity index (χ2n) is 9.37. The Bertz CT molecular complexity index is 879. The number of hydrogen-bond donors (Lipinski definition) is 0. The van der Waals surface area contributed by atoms with Crippen LogP contribution in [0.2, 0.25) is 0 Å². The standard InChI is InChI=1S/C22H24F4N2O2/c23-19(24)22(25,26)12-29-11-13-2-1-3-17(7-13)18-27-28-20(30-18)21-8-14-4-15(9-21)6-16(5-14)10-21/h1-3,7,14-16,19H,4-6,8-12H2. The van der Waals surface area contributed by atoms with E-state index in [0.29, 0.717) is 17.0 Å². The first-order chi connectivity index (χ1) is 14.3. The predicted molar refractivity (Wildman–Crippen MR) is 100 cm³/mol. The second kappa shape index (κ2) is 7.32. The zero-order valence-electron chi connectivity index (χ0n) is 16.5. The molecule has 162 valence electrons. The first-order valence-electron chi connectivity index (χ1n) is 10.5. The summed E-state index contributed by atoms with van der Waals surface area (Å²) >= 11 is 0. The van der Waals surface area contributed by atoms with E-state index in [1.165, 1.54) is 19.3 Å². The van der Waals surface area contributed by atoms with Crippen LogP contribution in [-0.2, 0) is 16.8 Å². The highest BCUT2D eigenvalue weighted by Gasteiger charge is 2.54. The number of rotatable bonds is 7. The number of nitrogens with zero attached hydrogens (tertiary/aromatic N) is 2. The zero-order valence-corrected chi connectivity index (χ0v) is 16.5. The minimum absolute atomic E-state index is 0.00156. The van der Waals surface area contributed by atoms with Crippen LogP contribution in [0, 0.1) is 17.8 Å². The molecular formula is C22H24F4N2O2. The van der Waals surface area contributed by atoms with Gasteiger partial charge in [0.2, 0.25) is 11.8 Å². The van der Waals surface area contributed by atoms with Gasteiger partial charge in [0.15, 0.2) is 0 Å². The van der Waals surface area contributed by atoms with Gasteiger partial charge < -0.3 is 9.15 Å². The van der Waals surface area contributed by atoms with Crippen molar-refractivity contribution in [2.75, 3.05) is 6.61 Å². The third kappa shape index (κ3) is 3.63. The molecule has 0 atom stereocenters. The average molecular weight is 424 g/mol. The molecule has 1 aromatic carbocycles. The molecular weight excluding hydrogens is 400 g/mol. The summed E-state index contributed by atoms with van der Waals surface area (Å²) in [7, 11) is 0. The Labute approximate surface area is 172 Å². The minimum Gasteiger partial charge on any atom is -0.420 e. The van der Waals surface area contributed by atoms with Gasteiger partial charge in [-0.1, -0.05) is 12.1 Å². The van der Waals surface area contributed by atoms with E-state index < -0.39 is 19.0 Å². The minimum atomic E-state index is -4.16. The van der Waals surface area contributed by atoms with E-state index in [-0.39, 0.29) is 12.0 Å². The Morgan fingerprint density at radius 2 is 1.73 bits per heavy atom. The van der Waals surface area contributed by atoms with E-state index in [2.05, 4.69) is 10.2 Å². The van der Waals surface area contributed by atoms with Crippen molar-refractivity contribution >= 4 is 0 Å². The molecule has 0 unspecified atom stereocenters. The van der Waals surface area contributed by atoms with Crippen LogP contribution in [-0.4, -0.2) is 29.2 Å². The van der Waals surface area contributed by atoms with E-state index in [4.69, 9.17) is 9.15 Å². The summed E-state index contributed by atoms with van der Waals surface area (Å²) in [5, 5.41) is 8.65. The molecule has 6 rings (SSSR count). The maximum absolute atomic E-state index is 13.0. The van der Waals surface area contributed by atoms with E-state index in [9.17, 15) is 17.6 Å². The molecule has 0 N–H and O–H groups in total. The molecule has 0 spiro atoms. The van der Waals surface area contributed by atoms with Gasteiger partial charge in [-0.2, -0.15) is 8.78 Å². The van der Waals surface area contributed by atoms with Crippen LogP contribution in [0.4, 0.5) is 17.6 Å². The van der Waals surface area contributed by atoms with Gasteiger partial charge in [-0.15, -0.1) is 10.2 Å². The lowest BCUT2D eigenvalue weighted by atomic mass is 9.49. The summed E-state index contributed by atoms with van der Waals surface area (Å²) in [6, 6.07) is 6.92. The summed E-state index contributed by atoms with van der Waals surface area (Å²) < 4.78 is 61.4. The highest BCUT2D eigenvalue weighted by atomic mass is 19.3. The Kier molecular flexibility index (Phi) is 4.87. The van der Waals surface area contributed by atoms with E-state index in [0.717, 1.165) is 42.9 Å². The maximum Gasteiger partial charge on any atom is 0.330 e. The Morgan fingerprint density at radius 1 is 1.07 bits per heavy atom. The number of ether oxygens (including phenoxy) is 1. The maximum atomic E-state index is 13.0. The van der Waals surface area contributed by atoms with Gasteiger partial charge in [-0.25, -0.2) is 8.78 Å². The van der Waals surface area contributed by atoms with Gasteiger partial charge in [-0.05, 0) is 74.0 Å². The molecule has 4 saturated carbocycles. The molecule has 2 aromatic rings. The van der Waals surface area contributed by atoms with Crippen molar-refractivity contribution in [3.63, 3.8) is 0 Å². The molecule has 4 bridgehead atoms. The van der Waals surface area contributed by atoms with Crippen molar-refractivity contribution in [2.45, 2.75) is 62.9 Å². The van der Waals surface area contributed by atoms with Gasteiger partial charge in [0.05, 0.1) is 6.61 Å². The summed E-state index contributed by atoms with van der Waals surface area (Å²) in [6.07, 6.45) is 3.59. The van der Waals surface area contributed by atoms with Crippen LogP contribution >= 0.6 is 0 Å². The molecule has 4 aliphatic rings. The highest BCUT2D eigenvalue weighted by Crippen LogP contribution is 2.60. The molecule has 4 fully saturated rings. The zero-order chi connectivity index (χ0) is 20.9. The van der Waals surface area contributed by atoms with Gasteiger partial charge >= 0.3 is 12.3 Å². The van der Waals surface area contributed by atoms with Gasteiger partial charge in [-0.3, -0.25) is 0 Å². The first-order valence-corrected chi connectivity index (χ1v) is 10.5. The summed E-state index contributed by atoms with van der Waals surface area (Å²) in [4.78, 5) is 0. The fraction of sp³-hybridized carbons (Fsp3) is 0.636. The summed E-state index contributed by atoms with van der Waals surface area (Å²) in [5.74, 6) is -0.762. The lowest BCUT2D eigenvalue weighted by Crippen LogP contribution is -2.48. The van der Waals surface area contributed by atoms with Crippen LogP contribution in [0.1, 0.15) is 50.0 Å². The monoisotopic (exact) mass is 424 g/mol. The van der Waals surface area contributed by atoms with Gasteiger partial charge in [0.25, 0.3) is 0 Å². The molecule has 0 aliphatic heterocycles. The second-order valence-corrected chi connectivity index (χ2v) is 9.37. The van der Waals surface area contributed by atoms with Crippen molar-refractivity contribution in [1.29, 1.82) is 0 Å². The number of hydrogen-bond acceptors (Lipinski definition) is 4. The lowest BCUT2D eigenvalue weighted by molar-refractivity contribution is -0.168. The Balaban J connectivity index is 1.29. The molecule has 0 amide bonds. The van der Waals surface area contributed by atoms with E-state index >= 15 is 0 Å². The van der Waals surface area contributed by atoms with Crippen molar-refractivity contribution in [3.05, 3.63) is 35.7 Å². The third-order valence-corrected chi connectivity index (χ3v) is 6.97. The fourth-order valence-electron chi connectivity index (χ4n) is 6.09. The van der Waals surface area contributed by atoms with Crippen LogP contribution in [0.15, 0.2) is 28.7 Å². The van der Waals surface area contributed by atoms with Gasteiger partial charge in [0.1, 0.15) is 6.61 Å². The largest absolute Gasteiger partial charge is 0.420 e. The topological polar surface area (TPSA) is 48.2 Å².